The van der Waals surface area contributed by atoms with Crippen molar-refractivity contribution < 1.29 is 28.6 Å². The maximum Gasteiger partial charge on any atom is 0.306 e. The maximum absolute atomic E-state index is 12.8. The number of rotatable bonds is 50. The Bertz CT molecular complexity index is 1300. The largest absolute Gasteiger partial charge is 0.462 e. The monoisotopic (exact) mass is 933 g/mol. The smallest absolute Gasteiger partial charge is 0.306 e. The molecule has 6 nitrogen and oxygen atoms in total. The van der Waals surface area contributed by atoms with E-state index in [2.05, 4.69) is 106 Å². The maximum atomic E-state index is 12.8. The molecule has 6 heteroatoms. The molecule has 0 aromatic carbocycles. The second-order valence-corrected chi connectivity index (χ2v) is 18.5. The Kier molecular flexibility index (Phi) is 52.4. The summed E-state index contributed by atoms with van der Waals surface area (Å²) in [6, 6.07) is 0. The van der Waals surface area contributed by atoms with E-state index >= 15 is 0 Å². The zero-order valence-corrected chi connectivity index (χ0v) is 43.9. The topological polar surface area (TPSA) is 78.9 Å². The van der Waals surface area contributed by atoms with Crippen LogP contribution in [0.15, 0.2) is 85.1 Å². The Labute approximate surface area is 414 Å². The average molecular weight is 933 g/mol. The molecule has 0 rings (SSSR count). The number of unbranched alkanes of at least 4 members (excludes halogenated alkanes) is 25. The minimum Gasteiger partial charge on any atom is -0.462 e. The van der Waals surface area contributed by atoms with Crippen LogP contribution in [-0.4, -0.2) is 37.2 Å². The van der Waals surface area contributed by atoms with Gasteiger partial charge in [0.25, 0.3) is 0 Å². The number of ether oxygens (including phenoxy) is 3. The summed E-state index contributed by atoms with van der Waals surface area (Å²) in [5.41, 5.74) is 0. The lowest BCUT2D eigenvalue weighted by molar-refractivity contribution is -0.167. The number of hydrogen-bond donors (Lipinski definition) is 0. The summed E-state index contributed by atoms with van der Waals surface area (Å²) in [6.07, 6.45) is 71.4. The highest BCUT2D eigenvalue weighted by Crippen LogP contribution is 2.14. The molecule has 384 valence electrons. The summed E-state index contributed by atoms with van der Waals surface area (Å²) in [7, 11) is 0. The molecule has 0 aliphatic heterocycles. The van der Waals surface area contributed by atoms with Crippen molar-refractivity contribution in [1.82, 2.24) is 0 Å². The van der Waals surface area contributed by atoms with Crippen LogP contribution in [0, 0.1) is 0 Å². The van der Waals surface area contributed by atoms with Crippen molar-refractivity contribution in [2.45, 2.75) is 271 Å². The third-order valence-electron chi connectivity index (χ3n) is 11.8. The van der Waals surface area contributed by atoms with E-state index in [1.165, 1.54) is 141 Å². The van der Waals surface area contributed by atoms with Crippen molar-refractivity contribution in [3.05, 3.63) is 85.1 Å². The highest BCUT2D eigenvalue weighted by atomic mass is 16.6. The first-order chi connectivity index (χ1) is 33.0. The third-order valence-corrected chi connectivity index (χ3v) is 11.8. The molecule has 0 aliphatic rings. The Morgan fingerprint density at radius 1 is 0.299 bits per heavy atom. The standard InChI is InChI=1S/C61H104O6/c1-4-7-10-13-16-19-22-25-27-29-30-32-34-37-40-43-46-49-52-55-61(64)67-58(56-65-59(62)53-50-47-44-41-38-35-24-21-18-15-12-9-6-3)57-66-60(63)54-51-48-45-42-39-36-33-31-28-26-23-20-17-14-11-8-5-2/h16-17,19-21,24-28,33,36,42,45,58H,4-15,18,22-23,29-32,34-35,37-41,43-44,46-57H2,1-3H3/b19-16-,20-17-,24-21-,27-25-,28-26-,36-33-,45-42-/t58-/m0/s1. The number of hydrogen-bond acceptors (Lipinski definition) is 6. The van der Waals surface area contributed by atoms with Gasteiger partial charge in [0.1, 0.15) is 13.2 Å². The molecule has 67 heavy (non-hydrogen) atoms. The van der Waals surface area contributed by atoms with Gasteiger partial charge in [0.05, 0.1) is 0 Å². The van der Waals surface area contributed by atoms with E-state index in [-0.39, 0.29) is 37.5 Å². The first kappa shape index (κ1) is 63.6. The summed E-state index contributed by atoms with van der Waals surface area (Å²) in [4.78, 5) is 38.1. The van der Waals surface area contributed by atoms with Gasteiger partial charge in [0.15, 0.2) is 6.10 Å². The van der Waals surface area contributed by atoms with Gasteiger partial charge < -0.3 is 14.2 Å². The van der Waals surface area contributed by atoms with Crippen LogP contribution >= 0.6 is 0 Å². The van der Waals surface area contributed by atoms with Crippen molar-refractivity contribution in [1.29, 1.82) is 0 Å². The van der Waals surface area contributed by atoms with E-state index in [0.717, 1.165) is 77.0 Å². The van der Waals surface area contributed by atoms with Gasteiger partial charge in [-0.3, -0.25) is 14.4 Å². The number of esters is 3. The second-order valence-electron chi connectivity index (χ2n) is 18.5. The van der Waals surface area contributed by atoms with E-state index in [0.29, 0.717) is 19.3 Å². The first-order valence-electron chi connectivity index (χ1n) is 28.1. The van der Waals surface area contributed by atoms with E-state index in [1.807, 2.05) is 0 Å². The van der Waals surface area contributed by atoms with Gasteiger partial charge in [-0.05, 0) is 116 Å². The predicted octanol–water partition coefficient (Wildman–Crippen LogP) is 18.8. The fourth-order valence-corrected chi connectivity index (χ4v) is 7.58. The molecule has 0 saturated heterocycles. The molecule has 0 spiro atoms. The van der Waals surface area contributed by atoms with Crippen molar-refractivity contribution in [3.8, 4) is 0 Å². The van der Waals surface area contributed by atoms with Crippen LogP contribution in [0.3, 0.4) is 0 Å². The van der Waals surface area contributed by atoms with Gasteiger partial charge in [-0.25, -0.2) is 0 Å². The summed E-state index contributed by atoms with van der Waals surface area (Å²) >= 11 is 0. The molecule has 0 aromatic heterocycles. The summed E-state index contributed by atoms with van der Waals surface area (Å²) < 4.78 is 16.8. The Balaban J connectivity index is 4.47. The summed E-state index contributed by atoms with van der Waals surface area (Å²) in [5.74, 6) is -0.967. The van der Waals surface area contributed by atoms with Crippen LogP contribution < -0.4 is 0 Å². The van der Waals surface area contributed by atoms with Crippen LogP contribution in [-0.2, 0) is 28.6 Å². The van der Waals surface area contributed by atoms with E-state index in [9.17, 15) is 14.4 Å². The normalized spacial score (nSPS) is 12.7. The molecule has 0 saturated carbocycles. The average Bonchev–Trinajstić information content (AvgIpc) is 3.33. The molecule has 0 heterocycles. The lowest BCUT2D eigenvalue weighted by Crippen LogP contribution is -2.30. The molecule has 0 amide bonds. The zero-order valence-electron chi connectivity index (χ0n) is 43.9. The molecule has 0 aliphatic carbocycles. The van der Waals surface area contributed by atoms with Crippen molar-refractivity contribution in [2.75, 3.05) is 13.2 Å². The van der Waals surface area contributed by atoms with Gasteiger partial charge in [0.2, 0.25) is 0 Å². The second kappa shape index (κ2) is 55.2. The van der Waals surface area contributed by atoms with Gasteiger partial charge in [-0.1, -0.05) is 215 Å². The Hall–Kier alpha value is -3.41. The van der Waals surface area contributed by atoms with Crippen LogP contribution in [0.4, 0.5) is 0 Å². The molecule has 0 aromatic rings. The van der Waals surface area contributed by atoms with Gasteiger partial charge in [0, 0.05) is 19.3 Å². The molecule has 0 N–H and O–H groups in total. The van der Waals surface area contributed by atoms with Crippen molar-refractivity contribution in [3.63, 3.8) is 0 Å². The number of allylic oxidation sites excluding steroid dienone is 14. The van der Waals surface area contributed by atoms with Crippen LogP contribution in [0.2, 0.25) is 0 Å². The zero-order chi connectivity index (χ0) is 48.6. The van der Waals surface area contributed by atoms with Crippen LogP contribution in [0.5, 0.6) is 0 Å². The molecular formula is C61H104O6. The van der Waals surface area contributed by atoms with Crippen LogP contribution in [0.1, 0.15) is 265 Å². The number of carbonyl (C=O) groups excluding carboxylic acids is 3. The Morgan fingerprint density at radius 2 is 0.552 bits per heavy atom. The third kappa shape index (κ3) is 53.4. The van der Waals surface area contributed by atoms with E-state index in [1.54, 1.807) is 0 Å². The van der Waals surface area contributed by atoms with Crippen molar-refractivity contribution >= 4 is 17.9 Å². The first-order valence-corrected chi connectivity index (χ1v) is 28.1. The van der Waals surface area contributed by atoms with Gasteiger partial charge in [-0.15, -0.1) is 0 Å². The summed E-state index contributed by atoms with van der Waals surface area (Å²) in [5, 5.41) is 0. The van der Waals surface area contributed by atoms with Crippen molar-refractivity contribution in [2.24, 2.45) is 0 Å². The van der Waals surface area contributed by atoms with E-state index < -0.39 is 6.10 Å². The fourth-order valence-electron chi connectivity index (χ4n) is 7.58. The molecule has 0 bridgehead atoms. The fraction of sp³-hybridized carbons (Fsp3) is 0.721. The molecular weight excluding hydrogens is 829 g/mol. The molecule has 1 atom stereocenters. The quantitative estimate of drug-likeness (QED) is 0.0262. The molecule has 0 fully saturated rings. The van der Waals surface area contributed by atoms with Gasteiger partial charge in [-0.2, -0.15) is 0 Å². The van der Waals surface area contributed by atoms with Crippen LogP contribution in [0.25, 0.3) is 0 Å². The Morgan fingerprint density at radius 3 is 0.940 bits per heavy atom. The lowest BCUT2D eigenvalue weighted by Gasteiger charge is -2.18. The van der Waals surface area contributed by atoms with E-state index in [4.69, 9.17) is 14.2 Å². The highest BCUT2D eigenvalue weighted by Gasteiger charge is 2.19. The SMILES string of the molecule is CCCCC/C=C\C/C=C\C/C=C\C/C=C\CCCC(=O)OC[C@H](COC(=O)CCCCCCC/C=C\CCCCCC)OC(=O)CCCCCCCCCCC/C=C\C/C=C\CCCCC. The van der Waals surface area contributed by atoms with Gasteiger partial charge >= 0.3 is 17.9 Å². The number of carbonyl (C=O) groups is 3. The summed E-state index contributed by atoms with van der Waals surface area (Å²) in [6.45, 7) is 6.52. The minimum absolute atomic E-state index is 0.0995. The lowest BCUT2D eigenvalue weighted by atomic mass is 10.1. The highest BCUT2D eigenvalue weighted by molar-refractivity contribution is 5.71. The predicted molar refractivity (Wildman–Crippen MR) is 288 cm³/mol. The molecule has 0 unspecified atom stereocenters. The minimum atomic E-state index is -0.804. The molecule has 0 radical (unpaired) electrons.